The Kier molecular flexibility index (Phi) is 5.22. The third-order valence-corrected chi connectivity index (χ3v) is 9.14. The molecule has 0 saturated carbocycles. The van der Waals surface area contributed by atoms with Gasteiger partial charge in [-0.1, -0.05) is 90.5 Å². The minimum Gasteiger partial charge on any atom is -0.348 e. The number of hydrogen-bond acceptors (Lipinski definition) is 5. The highest BCUT2D eigenvalue weighted by molar-refractivity contribution is 14.1. The maximum Gasteiger partial charge on any atom is 0.204 e. The first-order valence-corrected chi connectivity index (χ1v) is 13.8. The number of rotatable bonds is 2. The molecule has 2 spiro atoms. The van der Waals surface area contributed by atoms with Gasteiger partial charge in [0.15, 0.2) is 11.6 Å². The molecule has 2 atom stereocenters. The number of ketones is 4. The van der Waals surface area contributed by atoms with Gasteiger partial charge in [0.1, 0.15) is 11.5 Å². The molecular formula is C33H21IO5. The van der Waals surface area contributed by atoms with Crippen LogP contribution in [0.3, 0.4) is 0 Å². The fraction of sp³-hybridized carbons (Fsp3) is 0.152. The Morgan fingerprint density at radius 3 is 1.51 bits per heavy atom. The summed E-state index contributed by atoms with van der Waals surface area (Å²) in [6, 6.07) is 28.0. The van der Waals surface area contributed by atoms with Crippen LogP contribution in [-0.2, 0) is 4.74 Å². The Bertz CT molecular complexity index is 1660. The normalized spacial score (nSPS) is 22.1. The van der Waals surface area contributed by atoms with E-state index in [1.165, 1.54) is 0 Å². The van der Waals surface area contributed by atoms with Crippen LogP contribution in [0.4, 0.5) is 0 Å². The summed E-state index contributed by atoms with van der Waals surface area (Å²) in [5.74, 6) is -3.06. The van der Waals surface area contributed by atoms with E-state index in [4.69, 9.17) is 4.74 Å². The second kappa shape index (κ2) is 8.37. The molecule has 1 saturated heterocycles. The molecule has 0 bridgehead atoms. The Morgan fingerprint density at radius 2 is 1.03 bits per heavy atom. The first kappa shape index (κ1) is 24.3. The molecule has 0 aromatic heterocycles. The molecule has 1 heterocycles. The third-order valence-electron chi connectivity index (χ3n) is 8.42. The smallest absolute Gasteiger partial charge is 0.204 e. The molecule has 1 fully saturated rings. The molecule has 7 rings (SSSR count). The number of ether oxygens (including phenoxy) is 1. The number of carbonyl (C=O) groups excluding carboxylic acids is 4. The minimum atomic E-state index is -2.07. The monoisotopic (exact) mass is 624 g/mol. The van der Waals surface area contributed by atoms with Crippen molar-refractivity contribution in [3.05, 3.63) is 140 Å². The maximum atomic E-state index is 14.6. The first-order chi connectivity index (χ1) is 18.8. The van der Waals surface area contributed by atoms with Crippen molar-refractivity contribution in [2.24, 2.45) is 5.41 Å². The van der Waals surface area contributed by atoms with Crippen LogP contribution in [0.1, 0.15) is 70.1 Å². The highest BCUT2D eigenvalue weighted by Gasteiger charge is 2.79. The molecule has 1 aliphatic heterocycles. The largest absolute Gasteiger partial charge is 0.348 e. The van der Waals surface area contributed by atoms with Crippen LogP contribution in [-0.4, -0.2) is 28.7 Å². The predicted molar refractivity (Wildman–Crippen MR) is 152 cm³/mol. The van der Waals surface area contributed by atoms with E-state index in [-0.39, 0.29) is 22.3 Å². The zero-order valence-corrected chi connectivity index (χ0v) is 23.0. The fourth-order valence-corrected chi connectivity index (χ4v) is 7.08. The number of benzene rings is 4. The Hall–Kier alpha value is -3.75. The molecule has 4 aromatic rings. The van der Waals surface area contributed by atoms with Gasteiger partial charge in [-0.2, -0.15) is 0 Å². The fourth-order valence-electron chi connectivity index (χ4n) is 6.72. The van der Waals surface area contributed by atoms with E-state index in [9.17, 15) is 19.2 Å². The lowest BCUT2D eigenvalue weighted by Crippen LogP contribution is -2.51. The van der Waals surface area contributed by atoms with Gasteiger partial charge in [0.2, 0.25) is 17.2 Å². The van der Waals surface area contributed by atoms with Gasteiger partial charge in [-0.3, -0.25) is 19.2 Å². The molecule has 3 aliphatic rings. The van der Waals surface area contributed by atoms with Crippen LogP contribution in [0.25, 0.3) is 0 Å². The molecule has 0 radical (unpaired) electrons. The highest BCUT2D eigenvalue weighted by atomic mass is 127. The Balaban J connectivity index is 1.59. The number of hydrogen-bond donors (Lipinski definition) is 0. The maximum absolute atomic E-state index is 14.6. The van der Waals surface area contributed by atoms with Crippen molar-refractivity contribution in [2.75, 3.05) is 0 Å². The Labute approximate surface area is 238 Å². The van der Waals surface area contributed by atoms with Gasteiger partial charge in [-0.05, 0) is 52.8 Å². The van der Waals surface area contributed by atoms with Crippen molar-refractivity contribution in [2.45, 2.75) is 24.5 Å². The predicted octanol–water partition coefficient (Wildman–Crippen LogP) is 6.34. The quantitative estimate of drug-likeness (QED) is 0.192. The molecule has 4 aromatic carbocycles. The summed E-state index contributed by atoms with van der Waals surface area (Å²) >= 11 is 2.17. The van der Waals surface area contributed by atoms with Crippen molar-refractivity contribution in [1.29, 1.82) is 0 Å². The van der Waals surface area contributed by atoms with Crippen molar-refractivity contribution in [3.63, 3.8) is 0 Å². The lowest BCUT2D eigenvalue weighted by atomic mass is 9.60. The van der Waals surface area contributed by atoms with E-state index in [0.717, 1.165) is 9.13 Å². The van der Waals surface area contributed by atoms with Crippen LogP contribution in [0.2, 0.25) is 0 Å². The van der Waals surface area contributed by atoms with Gasteiger partial charge in [-0.25, -0.2) is 0 Å². The summed E-state index contributed by atoms with van der Waals surface area (Å²) in [5, 5.41) is 0. The number of fused-ring (bicyclic) bond motifs is 2. The standard InChI is InChI=1S/C33H21IO5/c1-18-10-12-20(13-11-18)31-32(27(35)22-6-2-3-7-23(22)28(32)36)26(19-14-16-21(34)17-15-19)33(39-31)29(37)24-8-4-5-9-25(24)30(33)38/h2-17,26,31H,1H3. The first-order valence-electron chi connectivity index (χ1n) is 12.7. The van der Waals surface area contributed by atoms with E-state index < -0.39 is 46.2 Å². The summed E-state index contributed by atoms with van der Waals surface area (Å²) in [6.45, 7) is 1.94. The zero-order valence-electron chi connectivity index (χ0n) is 20.8. The van der Waals surface area contributed by atoms with E-state index in [0.29, 0.717) is 11.1 Å². The van der Waals surface area contributed by atoms with E-state index >= 15 is 0 Å². The van der Waals surface area contributed by atoms with Crippen molar-refractivity contribution in [1.82, 2.24) is 0 Å². The average molecular weight is 624 g/mol. The van der Waals surface area contributed by atoms with Crippen LogP contribution in [0.5, 0.6) is 0 Å². The van der Waals surface area contributed by atoms with Gasteiger partial charge >= 0.3 is 0 Å². The SMILES string of the molecule is Cc1ccc(C2OC3(C(=O)c4ccccc4C3=O)C(c3ccc(I)cc3)C23C(=O)c2ccccc2C3=O)cc1. The molecule has 0 amide bonds. The second-order valence-electron chi connectivity index (χ2n) is 10.4. The van der Waals surface area contributed by atoms with Crippen LogP contribution < -0.4 is 0 Å². The molecule has 6 heteroatoms. The molecule has 0 N–H and O–H groups in total. The van der Waals surface area contributed by atoms with E-state index in [1.54, 1.807) is 60.7 Å². The lowest BCUT2D eigenvalue weighted by Gasteiger charge is -2.34. The molecule has 2 unspecified atom stereocenters. The summed E-state index contributed by atoms with van der Waals surface area (Å²) in [5.41, 5.74) is -0.771. The van der Waals surface area contributed by atoms with Gasteiger partial charge in [0, 0.05) is 25.8 Å². The van der Waals surface area contributed by atoms with Gasteiger partial charge in [0.05, 0.1) is 5.92 Å². The Morgan fingerprint density at radius 1 is 0.590 bits per heavy atom. The third kappa shape index (κ3) is 2.98. The number of halogens is 1. The lowest BCUT2D eigenvalue weighted by molar-refractivity contribution is -0.0210. The summed E-state index contributed by atoms with van der Waals surface area (Å²) < 4.78 is 7.65. The summed E-state index contributed by atoms with van der Waals surface area (Å²) in [7, 11) is 0. The van der Waals surface area contributed by atoms with Gasteiger partial charge in [-0.15, -0.1) is 0 Å². The van der Waals surface area contributed by atoms with Crippen LogP contribution in [0, 0.1) is 15.9 Å². The average Bonchev–Trinajstić information content (AvgIpc) is 3.48. The summed E-state index contributed by atoms with van der Waals surface area (Å²) in [4.78, 5) is 58.0. The van der Waals surface area contributed by atoms with E-state index in [2.05, 4.69) is 22.6 Å². The second-order valence-corrected chi connectivity index (χ2v) is 11.7. The number of aryl methyl sites for hydroxylation is 1. The summed E-state index contributed by atoms with van der Waals surface area (Å²) in [6.07, 6.45) is -1.16. The molecule has 39 heavy (non-hydrogen) atoms. The van der Waals surface area contributed by atoms with Gasteiger partial charge < -0.3 is 4.74 Å². The zero-order chi connectivity index (χ0) is 27.1. The van der Waals surface area contributed by atoms with Crippen molar-refractivity contribution >= 4 is 45.7 Å². The van der Waals surface area contributed by atoms with E-state index in [1.807, 2.05) is 43.3 Å². The minimum absolute atomic E-state index is 0.244. The molecule has 2 aliphatic carbocycles. The number of carbonyl (C=O) groups is 4. The highest BCUT2D eigenvalue weighted by Crippen LogP contribution is 2.67. The van der Waals surface area contributed by atoms with Crippen molar-refractivity contribution < 1.29 is 23.9 Å². The molecular weight excluding hydrogens is 603 g/mol. The molecule has 190 valence electrons. The van der Waals surface area contributed by atoms with Gasteiger partial charge in [0.25, 0.3) is 0 Å². The molecule has 5 nitrogen and oxygen atoms in total. The van der Waals surface area contributed by atoms with Crippen LogP contribution in [0.15, 0.2) is 97.1 Å². The number of Topliss-reactive ketones (excluding diaryl/α,β-unsaturated/α-hetero) is 4. The van der Waals surface area contributed by atoms with Crippen LogP contribution >= 0.6 is 22.6 Å². The van der Waals surface area contributed by atoms with Crippen molar-refractivity contribution in [3.8, 4) is 0 Å². The topological polar surface area (TPSA) is 77.5 Å².